The van der Waals surface area contributed by atoms with Crippen LogP contribution in [0.25, 0.3) is 0 Å². The summed E-state index contributed by atoms with van der Waals surface area (Å²) in [5, 5.41) is 2.69. The lowest BCUT2D eigenvalue weighted by Crippen LogP contribution is -2.13. The van der Waals surface area contributed by atoms with Crippen molar-refractivity contribution in [2.45, 2.75) is 20.0 Å². The molecule has 0 aliphatic carbocycles. The van der Waals surface area contributed by atoms with Crippen molar-refractivity contribution >= 4 is 11.6 Å². The van der Waals surface area contributed by atoms with Gasteiger partial charge >= 0.3 is 0 Å². The zero-order valence-corrected chi connectivity index (χ0v) is 12.8. The number of carbonyl (C=O) groups excluding carboxylic acids is 1. The Labute approximate surface area is 133 Å². The largest absolute Gasteiger partial charge is 0.488 e. The SMILES string of the molecule is CC(C)Oc1ccc(C(=O)Nc2ccc3c(c2)OCO3)cc1F. The molecule has 0 saturated heterocycles. The summed E-state index contributed by atoms with van der Waals surface area (Å²) in [6, 6.07) is 9.18. The number of rotatable bonds is 4. The van der Waals surface area contributed by atoms with E-state index in [2.05, 4.69) is 5.32 Å². The van der Waals surface area contributed by atoms with E-state index in [4.69, 9.17) is 14.2 Å². The first-order valence-electron chi connectivity index (χ1n) is 7.20. The summed E-state index contributed by atoms with van der Waals surface area (Å²) in [5.41, 5.74) is 0.749. The summed E-state index contributed by atoms with van der Waals surface area (Å²) in [4.78, 5) is 12.2. The van der Waals surface area contributed by atoms with E-state index in [1.54, 1.807) is 32.0 Å². The minimum absolute atomic E-state index is 0.125. The first kappa shape index (κ1) is 15.1. The van der Waals surface area contributed by atoms with Crippen LogP contribution in [0, 0.1) is 5.82 Å². The Kier molecular flexibility index (Phi) is 4.06. The smallest absolute Gasteiger partial charge is 0.255 e. The molecule has 0 unspecified atom stereocenters. The predicted molar refractivity (Wildman–Crippen MR) is 82.7 cm³/mol. The Morgan fingerprint density at radius 1 is 1.17 bits per heavy atom. The number of hydrogen-bond donors (Lipinski definition) is 1. The topological polar surface area (TPSA) is 56.8 Å². The summed E-state index contributed by atoms with van der Waals surface area (Å²) in [7, 11) is 0. The first-order chi connectivity index (χ1) is 11.0. The van der Waals surface area contributed by atoms with Crippen molar-refractivity contribution in [2.75, 3.05) is 12.1 Å². The number of hydrogen-bond acceptors (Lipinski definition) is 4. The number of carbonyl (C=O) groups is 1. The Hall–Kier alpha value is -2.76. The standard InChI is InChI=1S/C17H16FNO4/c1-10(2)23-14-5-3-11(7-13(14)18)17(20)19-12-4-6-15-16(8-12)22-9-21-15/h3-8,10H,9H2,1-2H3,(H,19,20). The second-order valence-electron chi connectivity index (χ2n) is 5.33. The number of amides is 1. The van der Waals surface area contributed by atoms with Gasteiger partial charge in [0.15, 0.2) is 23.1 Å². The third-order valence-electron chi connectivity index (χ3n) is 3.19. The average molecular weight is 317 g/mol. The van der Waals surface area contributed by atoms with Gasteiger partial charge in [0.25, 0.3) is 5.91 Å². The molecule has 1 aliphatic heterocycles. The first-order valence-corrected chi connectivity index (χ1v) is 7.20. The second kappa shape index (κ2) is 6.16. The zero-order valence-electron chi connectivity index (χ0n) is 12.8. The molecule has 1 amide bonds. The van der Waals surface area contributed by atoms with E-state index in [0.29, 0.717) is 17.2 Å². The second-order valence-corrected chi connectivity index (χ2v) is 5.33. The lowest BCUT2D eigenvalue weighted by molar-refractivity contribution is 0.102. The minimum Gasteiger partial charge on any atom is -0.488 e. The van der Waals surface area contributed by atoms with Gasteiger partial charge in [-0.05, 0) is 44.2 Å². The van der Waals surface area contributed by atoms with Crippen LogP contribution in [0.15, 0.2) is 36.4 Å². The molecule has 0 saturated carbocycles. The third-order valence-corrected chi connectivity index (χ3v) is 3.19. The van der Waals surface area contributed by atoms with Gasteiger partial charge < -0.3 is 19.5 Å². The Morgan fingerprint density at radius 3 is 2.70 bits per heavy atom. The molecule has 0 radical (unpaired) electrons. The van der Waals surface area contributed by atoms with E-state index in [0.717, 1.165) is 6.07 Å². The molecule has 1 N–H and O–H groups in total. The monoisotopic (exact) mass is 317 g/mol. The van der Waals surface area contributed by atoms with Gasteiger partial charge in [0.2, 0.25) is 6.79 Å². The van der Waals surface area contributed by atoms with E-state index in [9.17, 15) is 9.18 Å². The van der Waals surface area contributed by atoms with Crippen LogP contribution >= 0.6 is 0 Å². The summed E-state index contributed by atoms with van der Waals surface area (Å²) in [6.07, 6.45) is -0.141. The van der Waals surface area contributed by atoms with Gasteiger partial charge in [0.05, 0.1) is 6.10 Å². The van der Waals surface area contributed by atoms with Crippen LogP contribution in [0.1, 0.15) is 24.2 Å². The van der Waals surface area contributed by atoms with Gasteiger partial charge in [-0.2, -0.15) is 0 Å². The average Bonchev–Trinajstić information content (AvgIpc) is 2.96. The fourth-order valence-electron chi connectivity index (χ4n) is 2.17. The highest BCUT2D eigenvalue weighted by Crippen LogP contribution is 2.34. The molecule has 3 rings (SSSR count). The van der Waals surface area contributed by atoms with Crippen molar-refractivity contribution in [1.82, 2.24) is 0 Å². The van der Waals surface area contributed by atoms with Crippen molar-refractivity contribution < 1.29 is 23.4 Å². The molecule has 2 aromatic rings. The maximum Gasteiger partial charge on any atom is 0.255 e. The molecule has 6 heteroatoms. The Morgan fingerprint density at radius 2 is 1.96 bits per heavy atom. The highest BCUT2D eigenvalue weighted by Gasteiger charge is 2.16. The van der Waals surface area contributed by atoms with Gasteiger partial charge in [-0.3, -0.25) is 4.79 Å². The summed E-state index contributed by atoms with van der Waals surface area (Å²) in [5.74, 6) is 0.328. The van der Waals surface area contributed by atoms with Gasteiger partial charge in [-0.25, -0.2) is 4.39 Å². The normalized spacial score (nSPS) is 12.3. The molecule has 5 nitrogen and oxygen atoms in total. The number of anilines is 1. The predicted octanol–water partition coefficient (Wildman–Crippen LogP) is 3.59. The molecule has 2 aromatic carbocycles. The highest BCUT2D eigenvalue weighted by atomic mass is 19.1. The lowest BCUT2D eigenvalue weighted by atomic mass is 10.2. The van der Waals surface area contributed by atoms with Crippen LogP contribution in [0.5, 0.6) is 17.2 Å². The highest BCUT2D eigenvalue weighted by molar-refractivity contribution is 6.04. The summed E-state index contributed by atoms with van der Waals surface area (Å²) in [6.45, 7) is 3.77. The molecule has 1 heterocycles. The fourth-order valence-corrected chi connectivity index (χ4v) is 2.17. The van der Waals surface area contributed by atoms with E-state index in [-0.39, 0.29) is 24.2 Å². The molecule has 0 atom stereocenters. The van der Waals surface area contributed by atoms with E-state index in [1.807, 2.05) is 0 Å². The molecule has 0 bridgehead atoms. The van der Waals surface area contributed by atoms with Crippen molar-refractivity contribution in [3.8, 4) is 17.2 Å². The number of fused-ring (bicyclic) bond motifs is 1. The number of ether oxygens (including phenoxy) is 3. The molecule has 120 valence electrons. The summed E-state index contributed by atoms with van der Waals surface area (Å²) < 4.78 is 29.7. The van der Waals surface area contributed by atoms with E-state index >= 15 is 0 Å². The lowest BCUT2D eigenvalue weighted by Gasteiger charge is -2.11. The quantitative estimate of drug-likeness (QED) is 0.936. The van der Waals surface area contributed by atoms with Crippen molar-refractivity contribution in [2.24, 2.45) is 0 Å². The maximum atomic E-state index is 13.9. The van der Waals surface area contributed by atoms with Crippen LogP contribution < -0.4 is 19.5 Å². The Bertz CT molecular complexity index is 745. The van der Waals surface area contributed by atoms with Crippen LogP contribution in [0.4, 0.5) is 10.1 Å². The van der Waals surface area contributed by atoms with Gasteiger partial charge in [0, 0.05) is 17.3 Å². The van der Waals surface area contributed by atoms with Gasteiger partial charge in [0.1, 0.15) is 0 Å². The molecule has 1 aliphatic rings. The van der Waals surface area contributed by atoms with Crippen LogP contribution in [0.3, 0.4) is 0 Å². The molecular formula is C17H16FNO4. The summed E-state index contributed by atoms with van der Waals surface area (Å²) >= 11 is 0. The number of halogens is 1. The molecule has 0 spiro atoms. The maximum absolute atomic E-state index is 13.9. The molecule has 0 fully saturated rings. The Balaban J connectivity index is 1.74. The number of nitrogens with one attached hydrogen (secondary N) is 1. The minimum atomic E-state index is -0.572. The molecule has 23 heavy (non-hydrogen) atoms. The number of benzene rings is 2. The third kappa shape index (κ3) is 3.36. The fraction of sp³-hybridized carbons (Fsp3) is 0.235. The van der Waals surface area contributed by atoms with E-state index in [1.165, 1.54) is 12.1 Å². The molecule has 0 aromatic heterocycles. The van der Waals surface area contributed by atoms with Crippen molar-refractivity contribution in [1.29, 1.82) is 0 Å². The van der Waals surface area contributed by atoms with Gasteiger partial charge in [-0.15, -0.1) is 0 Å². The molecular weight excluding hydrogens is 301 g/mol. The van der Waals surface area contributed by atoms with Crippen LogP contribution in [-0.2, 0) is 0 Å². The van der Waals surface area contributed by atoms with Gasteiger partial charge in [-0.1, -0.05) is 0 Å². The van der Waals surface area contributed by atoms with E-state index < -0.39 is 11.7 Å². The zero-order chi connectivity index (χ0) is 16.4. The van der Waals surface area contributed by atoms with Crippen LogP contribution in [-0.4, -0.2) is 18.8 Å². The van der Waals surface area contributed by atoms with Crippen molar-refractivity contribution in [3.05, 3.63) is 47.8 Å². The van der Waals surface area contributed by atoms with Crippen molar-refractivity contribution in [3.63, 3.8) is 0 Å². The van der Waals surface area contributed by atoms with Crippen LogP contribution in [0.2, 0.25) is 0 Å².